The number of methoxy groups -OCH3 is 1. The molecule has 0 amide bonds. The molecule has 0 spiro atoms. The highest BCUT2D eigenvalue weighted by atomic mass is 19.4. The number of hydrogen-bond acceptors (Lipinski definition) is 5. The Hall–Kier alpha value is -2.77. The maximum Gasteiger partial charge on any atom is 0.416 e. The average Bonchev–Trinajstić information content (AvgIpc) is 2.71. The third-order valence-electron chi connectivity index (χ3n) is 5.71. The van der Waals surface area contributed by atoms with E-state index >= 15 is 0 Å². The number of pyridine rings is 1. The van der Waals surface area contributed by atoms with E-state index in [2.05, 4.69) is 4.90 Å². The number of benzene rings is 1. The molecule has 2 atom stereocenters. The van der Waals surface area contributed by atoms with Crippen molar-refractivity contribution in [2.24, 2.45) is 5.92 Å². The Morgan fingerprint density at radius 2 is 1.90 bits per heavy atom. The van der Waals surface area contributed by atoms with Crippen LogP contribution in [0.4, 0.5) is 30.4 Å². The van der Waals surface area contributed by atoms with E-state index in [1.807, 2.05) is 24.0 Å². The van der Waals surface area contributed by atoms with Crippen molar-refractivity contribution < 1.29 is 22.7 Å². The molecule has 1 fully saturated rings. The number of esters is 1. The number of carbonyl (C=O) groups excluding carboxylic acids is 1. The number of aryl methyl sites for hydroxylation is 1. The van der Waals surface area contributed by atoms with Gasteiger partial charge in [-0.1, -0.05) is 0 Å². The van der Waals surface area contributed by atoms with Gasteiger partial charge in [0.15, 0.2) is 5.82 Å². The number of rotatable bonds is 2. The first-order chi connectivity index (χ1) is 13.8. The molecule has 2 aromatic rings. The summed E-state index contributed by atoms with van der Waals surface area (Å²) < 4.78 is 43.8. The highest BCUT2D eigenvalue weighted by Gasteiger charge is 2.39. The average molecular weight is 405 g/mol. The molecule has 0 aliphatic carbocycles. The van der Waals surface area contributed by atoms with Crippen molar-refractivity contribution in [1.29, 1.82) is 0 Å². The van der Waals surface area contributed by atoms with Crippen LogP contribution in [0.5, 0.6) is 0 Å². The van der Waals surface area contributed by atoms with Crippen LogP contribution in [0.1, 0.15) is 24.1 Å². The third-order valence-corrected chi connectivity index (χ3v) is 5.71. The Balaban J connectivity index is 1.70. The summed E-state index contributed by atoms with van der Waals surface area (Å²) in [5, 5.41) is 0. The lowest BCUT2D eigenvalue weighted by atomic mass is 9.89. The lowest BCUT2D eigenvalue weighted by molar-refractivity contribution is -0.146. The van der Waals surface area contributed by atoms with Gasteiger partial charge in [0.2, 0.25) is 0 Å². The molecular formula is C21H22F3N3O2. The standard InChI is InChI=1S/C21H22F3N3O2/c1-13-3-8-18-19(25-13)26-10-9-14(20(28)29-2)11-17(26)12-27(18)16-6-4-15(5-7-16)21(22,23)24/h3-8,14,17H,9-12H2,1-2H3. The lowest BCUT2D eigenvalue weighted by Crippen LogP contribution is -2.53. The summed E-state index contributed by atoms with van der Waals surface area (Å²) in [7, 11) is 1.39. The maximum absolute atomic E-state index is 12.9. The van der Waals surface area contributed by atoms with Gasteiger partial charge in [-0.15, -0.1) is 0 Å². The van der Waals surface area contributed by atoms with Gasteiger partial charge < -0.3 is 14.5 Å². The first-order valence-electron chi connectivity index (χ1n) is 9.55. The Morgan fingerprint density at radius 3 is 2.55 bits per heavy atom. The molecule has 5 nitrogen and oxygen atoms in total. The molecule has 0 N–H and O–H groups in total. The van der Waals surface area contributed by atoms with Crippen molar-refractivity contribution in [3.8, 4) is 0 Å². The number of ether oxygens (including phenoxy) is 1. The number of piperidine rings is 1. The van der Waals surface area contributed by atoms with Crippen molar-refractivity contribution in [3.63, 3.8) is 0 Å². The topological polar surface area (TPSA) is 45.7 Å². The summed E-state index contributed by atoms with van der Waals surface area (Å²) in [6.45, 7) is 3.17. The number of fused-ring (bicyclic) bond motifs is 3. The fourth-order valence-corrected chi connectivity index (χ4v) is 4.23. The van der Waals surface area contributed by atoms with E-state index in [9.17, 15) is 18.0 Å². The normalized spacial score (nSPS) is 21.4. The predicted molar refractivity (Wildman–Crippen MR) is 103 cm³/mol. The van der Waals surface area contributed by atoms with Crippen LogP contribution in [0, 0.1) is 12.8 Å². The minimum Gasteiger partial charge on any atom is -0.469 e. The molecule has 8 heteroatoms. The molecule has 2 aliphatic heterocycles. The Morgan fingerprint density at radius 1 is 1.17 bits per heavy atom. The molecule has 0 radical (unpaired) electrons. The van der Waals surface area contributed by atoms with Crippen LogP contribution in [-0.4, -0.2) is 37.2 Å². The van der Waals surface area contributed by atoms with Crippen LogP contribution in [0.25, 0.3) is 0 Å². The molecule has 0 saturated carbocycles. The summed E-state index contributed by atoms with van der Waals surface area (Å²) in [5.41, 5.74) is 1.73. The number of carbonyl (C=O) groups is 1. The van der Waals surface area contributed by atoms with Gasteiger partial charge in [-0.05, 0) is 56.2 Å². The van der Waals surface area contributed by atoms with Crippen LogP contribution < -0.4 is 9.80 Å². The number of aromatic nitrogens is 1. The number of halogens is 3. The summed E-state index contributed by atoms with van der Waals surface area (Å²) in [6, 6.07) is 9.06. The minimum atomic E-state index is -4.37. The molecule has 3 heterocycles. The van der Waals surface area contributed by atoms with Crippen LogP contribution in [0.2, 0.25) is 0 Å². The SMILES string of the molecule is COC(=O)C1CCN2c3nc(C)ccc3N(c3ccc(C(F)(F)F)cc3)CC2C1. The zero-order chi connectivity index (χ0) is 20.8. The predicted octanol–water partition coefficient (Wildman–Crippen LogP) is 4.32. The monoisotopic (exact) mass is 405 g/mol. The second kappa shape index (κ2) is 7.24. The number of anilines is 3. The first kappa shape index (κ1) is 19.5. The van der Waals surface area contributed by atoms with Crippen molar-refractivity contribution in [2.45, 2.75) is 32.0 Å². The summed E-state index contributed by atoms with van der Waals surface area (Å²) in [5.74, 6) is 0.417. The Bertz CT molecular complexity index is 914. The molecule has 0 bridgehead atoms. The van der Waals surface area contributed by atoms with Crippen LogP contribution >= 0.6 is 0 Å². The summed E-state index contributed by atoms with van der Waals surface area (Å²) >= 11 is 0. The van der Waals surface area contributed by atoms with Crippen molar-refractivity contribution in [3.05, 3.63) is 47.7 Å². The van der Waals surface area contributed by atoms with Gasteiger partial charge in [0.25, 0.3) is 0 Å². The van der Waals surface area contributed by atoms with Gasteiger partial charge in [0.05, 0.1) is 24.3 Å². The molecule has 1 saturated heterocycles. The number of hydrogen-bond donors (Lipinski definition) is 0. The fraction of sp³-hybridized carbons (Fsp3) is 0.429. The molecule has 4 rings (SSSR count). The van der Waals surface area contributed by atoms with Gasteiger partial charge in [-0.3, -0.25) is 4.79 Å². The van der Waals surface area contributed by atoms with E-state index in [1.165, 1.54) is 19.2 Å². The van der Waals surface area contributed by atoms with Crippen molar-refractivity contribution in [2.75, 3.05) is 30.0 Å². The second-order valence-corrected chi connectivity index (χ2v) is 7.54. The van der Waals surface area contributed by atoms with Gasteiger partial charge in [-0.2, -0.15) is 13.2 Å². The van der Waals surface area contributed by atoms with Gasteiger partial charge >= 0.3 is 12.1 Å². The van der Waals surface area contributed by atoms with Crippen molar-refractivity contribution >= 4 is 23.2 Å². The van der Waals surface area contributed by atoms with E-state index in [1.54, 1.807) is 0 Å². The van der Waals surface area contributed by atoms with Gasteiger partial charge in [0.1, 0.15) is 0 Å². The second-order valence-electron chi connectivity index (χ2n) is 7.54. The van der Waals surface area contributed by atoms with E-state index in [0.717, 1.165) is 29.3 Å². The highest BCUT2D eigenvalue weighted by molar-refractivity contribution is 5.79. The summed E-state index contributed by atoms with van der Waals surface area (Å²) in [6.07, 6.45) is -3.05. The zero-order valence-electron chi connectivity index (χ0n) is 16.2. The van der Waals surface area contributed by atoms with Gasteiger partial charge in [0, 0.05) is 30.5 Å². The van der Waals surface area contributed by atoms with Crippen LogP contribution in [0.3, 0.4) is 0 Å². The number of alkyl halides is 3. The van der Waals surface area contributed by atoms with Crippen LogP contribution in [0.15, 0.2) is 36.4 Å². The van der Waals surface area contributed by atoms with Crippen molar-refractivity contribution in [1.82, 2.24) is 4.98 Å². The Labute approximate surface area is 167 Å². The van der Waals surface area contributed by atoms with E-state index in [4.69, 9.17) is 9.72 Å². The smallest absolute Gasteiger partial charge is 0.416 e. The van der Waals surface area contributed by atoms with E-state index < -0.39 is 11.7 Å². The number of nitrogens with zero attached hydrogens (tertiary/aromatic N) is 3. The zero-order valence-corrected chi connectivity index (χ0v) is 16.2. The molecular weight excluding hydrogens is 383 g/mol. The minimum absolute atomic E-state index is 0.0249. The molecule has 1 aromatic heterocycles. The van der Waals surface area contributed by atoms with Gasteiger partial charge in [-0.25, -0.2) is 4.98 Å². The first-order valence-corrected chi connectivity index (χ1v) is 9.55. The van der Waals surface area contributed by atoms with Crippen LogP contribution in [-0.2, 0) is 15.7 Å². The molecule has 2 unspecified atom stereocenters. The summed E-state index contributed by atoms with van der Waals surface area (Å²) in [4.78, 5) is 21.0. The molecule has 29 heavy (non-hydrogen) atoms. The molecule has 1 aromatic carbocycles. The largest absolute Gasteiger partial charge is 0.469 e. The maximum atomic E-state index is 12.9. The molecule has 154 valence electrons. The highest BCUT2D eigenvalue weighted by Crippen LogP contribution is 2.42. The molecule has 2 aliphatic rings. The Kier molecular flexibility index (Phi) is 4.88. The quantitative estimate of drug-likeness (QED) is 0.697. The third kappa shape index (κ3) is 3.63. The van der Waals surface area contributed by atoms with E-state index in [0.29, 0.717) is 31.6 Å². The fourth-order valence-electron chi connectivity index (χ4n) is 4.23. The van der Waals surface area contributed by atoms with E-state index in [-0.39, 0.29) is 17.9 Å². The lowest BCUT2D eigenvalue weighted by Gasteiger charge is -2.47.